The minimum atomic E-state index is -0.00130. The first-order valence-electron chi connectivity index (χ1n) is 5.85. The minimum absolute atomic E-state index is 0.00130. The second-order valence-corrected chi connectivity index (χ2v) is 4.44. The lowest BCUT2D eigenvalue weighted by atomic mass is 9.95. The van der Waals surface area contributed by atoms with Crippen molar-refractivity contribution in [1.82, 2.24) is 5.32 Å². The molecule has 1 aromatic rings. The van der Waals surface area contributed by atoms with Crippen molar-refractivity contribution in [3.63, 3.8) is 0 Å². The van der Waals surface area contributed by atoms with Crippen LogP contribution in [0.1, 0.15) is 32.4 Å². The summed E-state index contributed by atoms with van der Waals surface area (Å²) in [5.41, 5.74) is 4.11. The molecular formula is C15H17NO. The second-order valence-electron chi connectivity index (χ2n) is 4.44. The number of carbonyl (C=O) groups excluding carboxylic acids is 1. The number of amides is 1. The van der Waals surface area contributed by atoms with E-state index in [1.54, 1.807) is 0 Å². The van der Waals surface area contributed by atoms with Gasteiger partial charge < -0.3 is 5.32 Å². The van der Waals surface area contributed by atoms with Crippen molar-refractivity contribution in [2.45, 2.75) is 26.8 Å². The molecule has 1 N–H and O–H groups in total. The van der Waals surface area contributed by atoms with Crippen LogP contribution < -0.4 is 5.32 Å². The highest BCUT2D eigenvalue weighted by atomic mass is 16.2. The van der Waals surface area contributed by atoms with E-state index in [4.69, 9.17) is 0 Å². The molecular weight excluding hydrogens is 210 g/mol. The van der Waals surface area contributed by atoms with Crippen molar-refractivity contribution >= 4 is 5.91 Å². The number of hydrogen-bond acceptors (Lipinski definition) is 1. The zero-order valence-corrected chi connectivity index (χ0v) is 10.4. The van der Waals surface area contributed by atoms with Gasteiger partial charge in [0.2, 0.25) is 0 Å². The third kappa shape index (κ3) is 2.03. The normalized spacial score (nSPS) is 21.8. The summed E-state index contributed by atoms with van der Waals surface area (Å²) in [6.07, 6.45) is 2.03. The lowest BCUT2D eigenvalue weighted by molar-refractivity contribution is -0.116. The molecule has 0 radical (unpaired) electrons. The Morgan fingerprint density at radius 3 is 2.41 bits per heavy atom. The van der Waals surface area contributed by atoms with Crippen molar-refractivity contribution < 1.29 is 4.79 Å². The third-order valence-corrected chi connectivity index (χ3v) is 3.05. The highest BCUT2D eigenvalue weighted by Crippen LogP contribution is 2.34. The van der Waals surface area contributed by atoms with Gasteiger partial charge in [0.15, 0.2) is 0 Å². The molecule has 0 bridgehead atoms. The van der Waals surface area contributed by atoms with E-state index in [1.165, 1.54) is 0 Å². The Balaban J connectivity index is 2.47. The average molecular weight is 227 g/mol. The Kier molecular flexibility index (Phi) is 3.14. The summed E-state index contributed by atoms with van der Waals surface area (Å²) in [5, 5.41) is 3.04. The Bertz CT molecular complexity index is 493. The molecule has 88 valence electrons. The molecule has 2 rings (SSSR count). The van der Waals surface area contributed by atoms with Gasteiger partial charge in [0.1, 0.15) is 0 Å². The summed E-state index contributed by atoms with van der Waals surface area (Å²) in [7, 11) is 0. The smallest absolute Gasteiger partial charge is 0.252 e. The van der Waals surface area contributed by atoms with Crippen LogP contribution in [0.5, 0.6) is 0 Å². The van der Waals surface area contributed by atoms with Gasteiger partial charge in [-0.25, -0.2) is 0 Å². The zero-order valence-electron chi connectivity index (χ0n) is 10.4. The molecule has 1 aromatic carbocycles. The molecule has 0 aromatic heterocycles. The van der Waals surface area contributed by atoms with Gasteiger partial charge in [0.05, 0.1) is 6.04 Å². The van der Waals surface area contributed by atoms with Crippen LogP contribution >= 0.6 is 0 Å². The number of hydrogen-bond donors (Lipinski definition) is 1. The molecule has 1 atom stereocenters. The fourth-order valence-electron chi connectivity index (χ4n) is 2.29. The molecule has 2 heteroatoms. The van der Waals surface area contributed by atoms with Crippen LogP contribution in [0.4, 0.5) is 0 Å². The number of rotatable bonds is 1. The van der Waals surface area contributed by atoms with Crippen molar-refractivity contribution in [3.05, 3.63) is 58.7 Å². The SMILES string of the molecule is C/C=C1/C(=C(C)C)C(=O)NC1c1ccccc1. The van der Waals surface area contributed by atoms with Crippen LogP contribution in [0.3, 0.4) is 0 Å². The molecule has 17 heavy (non-hydrogen) atoms. The fraction of sp³-hybridized carbons (Fsp3) is 0.267. The molecule has 1 heterocycles. The van der Waals surface area contributed by atoms with Crippen LogP contribution in [0.15, 0.2) is 53.1 Å². The molecule has 1 aliphatic rings. The molecule has 1 saturated heterocycles. The standard InChI is InChI=1S/C15H17NO/c1-4-12-13(10(2)3)15(17)16-14(12)11-8-6-5-7-9-11/h4-9,14H,1-3H3,(H,16,17)/b12-4-. The van der Waals surface area contributed by atoms with Crippen LogP contribution in [0, 0.1) is 0 Å². The molecule has 0 aliphatic carbocycles. The lowest BCUT2D eigenvalue weighted by Gasteiger charge is -2.12. The maximum absolute atomic E-state index is 12.0. The Morgan fingerprint density at radius 1 is 1.24 bits per heavy atom. The van der Waals surface area contributed by atoms with Gasteiger partial charge in [-0.05, 0) is 31.9 Å². The summed E-state index contributed by atoms with van der Waals surface area (Å²) in [6.45, 7) is 5.94. The summed E-state index contributed by atoms with van der Waals surface area (Å²) < 4.78 is 0. The van der Waals surface area contributed by atoms with E-state index in [0.717, 1.165) is 22.3 Å². The fourth-order valence-corrected chi connectivity index (χ4v) is 2.29. The topological polar surface area (TPSA) is 29.1 Å². The van der Waals surface area contributed by atoms with Gasteiger partial charge in [-0.1, -0.05) is 42.0 Å². The van der Waals surface area contributed by atoms with Crippen molar-refractivity contribution in [1.29, 1.82) is 0 Å². The minimum Gasteiger partial charge on any atom is -0.341 e. The van der Waals surface area contributed by atoms with E-state index in [2.05, 4.69) is 5.32 Å². The van der Waals surface area contributed by atoms with E-state index in [9.17, 15) is 4.79 Å². The summed E-state index contributed by atoms with van der Waals surface area (Å²) in [5.74, 6) is 0.0342. The largest absolute Gasteiger partial charge is 0.341 e. The van der Waals surface area contributed by atoms with Crippen molar-refractivity contribution in [3.8, 4) is 0 Å². The first-order chi connectivity index (χ1) is 8.15. The van der Waals surface area contributed by atoms with Gasteiger partial charge in [-0.15, -0.1) is 0 Å². The molecule has 0 spiro atoms. The number of carbonyl (C=O) groups is 1. The van der Waals surface area contributed by atoms with Gasteiger partial charge in [0.25, 0.3) is 5.91 Å². The molecule has 1 unspecified atom stereocenters. The van der Waals surface area contributed by atoms with E-state index in [-0.39, 0.29) is 11.9 Å². The molecule has 1 amide bonds. The summed E-state index contributed by atoms with van der Waals surface area (Å²) in [4.78, 5) is 12.0. The number of allylic oxidation sites excluding steroid dienone is 2. The quantitative estimate of drug-likeness (QED) is 0.734. The van der Waals surface area contributed by atoms with Crippen LogP contribution in [-0.2, 0) is 4.79 Å². The predicted molar refractivity (Wildman–Crippen MR) is 69.5 cm³/mol. The lowest BCUT2D eigenvalue weighted by Crippen LogP contribution is -2.19. The summed E-state index contributed by atoms with van der Waals surface area (Å²) in [6, 6.07) is 10.1. The van der Waals surface area contributed by atoms with Gasteiger partial charge >= 0.3 is 0 Å². The van der Waals surface area contributed by atoms with E-state index in [1.807, 2.05) is 57.2 Å². The zero-order chi connectivity index (χ0) is 12.4. The third-order valence-electron chi connectivity index (χ3n) is 3.05. The van der Waals surface area contributed by atoms with Crippen LogP contribution in [0.2, 0.25) is 0 Å². The maximum atomic E-state index is 12.0. The van der Waals surface area contributed by atoms with Crippen LogP contribution in [0.25, 0.3) is 0 Å². The van der Waals surface area contributed by atoms with Gasteiger partial charge in [0, 0.05) is 5.57 Å². The highest BCUT2D eigenvalue weighted by molar-refractivity contribution is 6.02. The monoisotopic (exact) mass is 227 g/mol. The summed E-state index contributed by atoms with van der Waals surface area (Å²) >= 11 is 0. The maximum Gasteiger partial charge on any atom is 0.252 e. The first-order valence-corrected chi connectivity index (χ1v) is 5.85. The number of benzene rings is 1. The highest BCUT2D eigenvalue weighted by Gasteiger charge is 2.32. The predicted octanol–water partition coefficient (Wildman–Crippen LogP) is 3.14. The van der Waals surface area contributed by atoms with Crippen LogP contribution in [-0.4, -0.2) is 5.91 Å². The molecule has 0 saturated carbocycles. The van der Waals surface area contributed by atoms with E-state index < -0.39 is 0 Å². The molecule has 2 nitrogen and oxygen atoms in total. The Hall–Kier alpha value is -1.83. The molecule has 1 fully saturated rings. The Morgan fingerprint density at radius 2 is 1.88 bits per heavy atom. The van der Waals surface area contributed by atoms with Gasteiger partial charge in [-0.2, -0.15) is 0 Å². The second kappa shape index (κ2) is 4.58. The van der Waals surface area contributed by atoms with E-state index in [0.29, 0.717) is 0 Å². The average Bonchev–Trinajstić information content (AvgIpc) is 2.67. The van der Waals surface area contributed by atoms with E-state index >= 15 is 0 Å². The number of nitrogens with one attached hydrogen (secondary N) is 1. The Labute approximate surface area is 102 Å². The first kappa shape index (κ1) is 11.6. The van der Waals surface area contributed by atoms with Gasteiger partial charge in [-0.3, -0.25) is 4.79 Å². The molecule has 1 aliphatic heterocycles. The van der Waals surface area contributed by atoms with Crippen molar-refractivity contribution in [2.24, 2.45) is 0 Å². The van der Waals surface area contributed by atoms with Crippen molar-refractivity contribution in [2.75, 3.05) is 0 Å².